The number of aryl methyl sites for hydroxylation is 2. The van der Waals surface area contributed by atoms with Crippen LogP contribution in [0.2, 0.25) is 5.02 Å². The van der Waals surface area contributed by atoms with Gasteiger partial charge in [-0.1, -0.05) is 75.2 Å². The molecule has 0 aliphatic rings. The van der Waals surface area contributed by atoms with Gasteiger partial charge in [-0.25, -0.2) is 4.79 Å². The summed E-state index contributed by atoms with van der Waals surface area (Å²) in [4.78, 5) is 14.8. The van der Waals surface area contributed by atoms with Crippen LogP contribution in [-0.2, 0) is 0 Å². The third-order valence-electron chi connectivity index (χ3n) is 4.54. The number of ether oxygens (including phenoxy) is 1. The first kappa shape index (κ1) is 21.7. The van der Waals surface area contributed by atoms with E-state index in [1.54, 1.807) is 22.9 Å². The summed E-state index contributed by atoms with van der Waals surface area (Å²) in [5.41, 5.74) is 3.01. The van der Waals surface area contributed by atoms with E-state index in [2.05, 4.69) is 21.0 Å². The van der Waals surface area contributed by atoms with Crippen molar-refractivity contribution in [2.24, 2.45) is 0 Å². The largest absolute Gasteiger partial charge is 0.402 e. The SMILES string of the molecule is Cc1ccc(Sc2c(C)nn(-c3ccccc3)c2OC(=O)c2cc(Br)ccc2Cl)cc1. The molecule has 7 heteroatoms. The zero-order chi connectivity index (χ0) is 22.0. The summed E-state index contributed by atoms with van der Waals surface area (Å²) >= 11 is 11.1. The van der Waals surface area contributed by atoms with Crippen LogP contribution in [0.25, 0.3) is 5.69 Å². The van der Waals surface area contributed by atoms with Gasteiger partial charge >= 0.3 is 5.97 Å². The Morgan fingerprint density at radius 1 is 1.03 bits per heavy atom. The Kier molecular flexibility index (Phi) is 6.51. The molecule has 31 heavy (non-hydrogen) atoms. The highest BCUT2D eigenvalue weighted by Gasteiger charge is 2.24. The number of para-hydroxylation sites is 1. The van der Waals surface area contributed by atoms with Crippen molar-refractivity contribution >= 4 is 45.3 Å². The van der Waals surface area contributed by atoms with E-state index in [1.165, 1.54) is 17.3 Å². The van der Waals surface area contributed by atoms with Crippen molar-refractivity contribution in [3.8, 4) is 11.6 Å². The minimum Gasteiger partial charge on any atom is -0.402 e. The smallest absolute Gasteiger partial charge is 0.346 e. The monoisotopic (exact) mass is 512 g/mol. The molecular formula is C24H18BrClN2O2S. The van der Waals surface area contributed by atoms with Gasteiger partial charge in [0.15, 0.2) is 0 Å². The van der Waals surface area contributed by atoms with Crippen LogP contribution in [0.1, 0.15) is 21.6 Å². The molecule has 0 aliphatic heterocycles. The van der Waals surface area contributed by atoms with E-state index in [1.807, 2.05) is 68.4 Å². The second-order valence-electron chi connectivity index (χ2n) is 6.90. The molecule has 0 spiro atoms. The standard InChI is InChI=1S/C24H18BrClN2O2S/c1-15-8-11-19(12-9-15)31-22-16(2)27-28(18-6-4-3-5-7-18)23(22)30-24(29)20-14-17(25)10-13-21(20)26/h3-14H,1-2H3. The Balaban J connectivity index is 1.78. The Morgan fingerprint density at radius 2 is 1.74 bits per heavy atom. The van der Waals surface area contributed by atoms with Crippen molar-refractivity contribution in [3.63, 3.8) is 0 Å². The number of hydrogen-bond acceptors (Lipinski definition) is 4. The number of nitrogens with zero attached hydrogens (tertiary/aromatic N) is 2. The highest BCUT2D eigenvalue weighted by atomic mass is 79.9. The lowest BCUT2D eigenvalue weighted by Gasteiger charge is -2.11. The zero-order valence-electron chi connectivity index (χ0n) is 16.8. The maximum atomic E-state index is 13.1. The fourth-order valence-corrected chi connectivity index (χ4v) is 4.43. The highest BCUT2D eigenvalue weighted by molar-refractivity contribution is 9.10. The third kappa shape index (κ3) is 4.87. The molecule has 0 unspecified atom stereocenters. The van der Waals surface area contributed by atoms with Gasteiger partial charge in [0.2, 0.25) is 5.88 Å². The molecule has 0 fully saturated rings. The van der Waals surface area contributed by atoms with Crippen LogP contribution in [0.3, 0.4) is 0 Å². The van der Waals surface area contributed by atoms with Crippen molar-refractivity contribution in [1.82, 2.24) is 9.78 Å². The molecule has 4 nitrogen and oxygen atoms in total. The molecular weight excluding hydrogens is 496 g/mol. The lowest BCUT2D eigenvalue weighted by Crippen LogP contribution is -2.13. The molecule has 0 radical (unpaired) electrons. The van der Waals surface area contributed by atoms with Crippen LogP contribution in [0.4, 0.5) is 0 Å². The van der Waals surface area contributed by atoms with Crippen LogP contribution in [0.5, 0.6) is 5.88 Å². The predicted octanol–water partition coefficient (Wildman–Crippen LogP) is 7.28. The van der Waals surface area contributed by atoms with Crippen molar-refractivity contribution < 1.29 is 9.53 Å². The first-order valence-electron chi connectivity index (χ1n) is 9.49. The van der Waals surface area contributed by atoms with Crippen LogP contribution in [0.15, 0.2) is 87.1 Å². The number of halogens is 2. The normalized spacial score (nSPS) is 10.8. The van der Waals surface area contributed by atoms with E-state index in [0.29, 0.717) is 10.9 Å². The lowest BCUT2D eigenvalue weighted by atomic mass is 10.2. The van der Waals surface area contributed by atoms with Crippen LogP contribution < -0.4 is 4.74 Å². The minimum atomic E-state index is -0.547. The number of hydrogen-bond donors (Lipinski definition) is 0. The summed E-state index contributed by atoms with van der Waals surface area (Å²) in [6, 6.07) is 22.8. The Labute approximate surface area is 198 Å². The van der Waals surface area contributed by atoms with E-state index in [-0.39, 0.29) is 5.56 Å². The average molecular weight is 514 g/mol. The van der Waals surface area contributed by atoms with Gasteiger partial charge in [0.05, 0.1) is 26.9 Å². The van der Waals surface area contributed by atoms with Gasteiger partial charge in [-0.15, -0.1) is 0 Å². The van der Waals surface area contributed by atoms with Crippen LogP contribution >= 0.6 is 39.3 Å². The maximum absolute atomic E-state index is 13.1. The zero-order valence-corrected chi connectivity index (χ0v) is 20.0. The van der Waals surface area contributed by atoms with Gasteiger partial charge in [0, 0.05) is 9.37 Å². The van der Waals surface area contributed by atoms with E-state index in [9.17, 15) is 4.79 Å². The number of benzene rings is 3. The molecule has 0 N–H and O–H groups in total. The Hall–Kier alpha value is -2.54. The highest BCUT2D eigenvalue weighted by Crippen LogP contribution is 2.39. The third-order valence-corrected chi connectivity index (χ3v) is 6.55. The molecule has 0 amide bonds. The van der Waals surface area contributed by atoms with Gasteiger partial charge in [-0.2, -0.15) is 9.78 Å². The van der Waals surface area contributed by atoms with Crippen molar-refractivity contribution in [2.75, 3.05) is 0 Å². The summed E-state index contributed by atoms with van der Waals surface area (Å²) < 4.78 is 8.30. The minimum absolute atomic E-state index is 0.279. The van der Waals surface area contributed by atoms with Gasteiger partial charge in [-0.05, 0) is 56.3 Å². The molecule has 0 aliphatic carbocycles. The second-order valence-corrected chi connectivity index (χ2v) is 9.30. The first-order valence-corrected chi connectivity index (χ1v) is 11.5. The number of esters is 1. The van der Waals surface area contributed by atoms with Crippen molar-refractivity contribution in [3.05, 3.63) is 99.1 Å². The lowest BCUT2D eigenvalue weighted by molar-refractivity contribution is 0.0718. The molecule has 0 atom stereocenters. The molecule has 156 valence electrons. The molecule has 0 saturated heterocycles. The molecule has 0 saturated carbocycles. The molecule has 4 rings (SSSR count). The quantitative estimate of drug-likeness (QED) is 0.263. The molecule has 1 heterocycles. The first-order chi connectivity index (χ1) is 14.9. The van der Waals surface area contributed by atoms with Gasteiger partial charge < -0.3 is 4.74 Å². The number of aromatic nitrogens is 2. The Bertz CT molecular complexity index is 1240. The topological polar surface area (TPSA) is 44.1 Å². The summed E-state index contributed by atoms with van der Waals surface area (Å²) in [5, 5.41) is 4.98. The van der Waals surface area contributed by atoms with E-state index < -0.39 is 5.97 Å². The fourth-order valence-electron chi connectivity index (χ4n) is 2.96. The van der Waals surface area contributed by atoms with Gasteiger partial charge in [0.25, 0.3) is 0 Å². The summed E-state index contributed by atoms with van der Waals surface area (Å²) in [7, 11) is 0. The molecule has 1 aromatic heterocycles. The molecule has 3 aromatic carbocycles. The second kappa shape index (κ2) is 9.30. The van der Waals surface area contributed by atoms with Crippen LogP contribution in [0, 0.1) is 13.8 Å². The van der Waals surface area contributed by atoms with E-state index >= 15 is 0 Å². The predicted molar refractivity (Wildman–Crippen MR) is 128 cm³/mol. The number of carbonyl (C=O) groups is 1. The Morgan fingerprint density at radius 3 is 2.45 bits per heavy atom. The van der Waals surface area contributed by atoms with Crippen molar-refractivity contribution in [1.29, 1.82) is 0 Å². The fraction of sp³-hybridized carbons (Fsp3) is 0.0833. The summed E-state index contributed by atoms with van der Waals surface area (Å²) in [6.07, 6.45) is 0. The van der Waals surface area contributed by atoms with E-state index in [4.69, 9.17) is 16.3 Å². The molecule has 0 bridgehead atoms. The number of rotatable bonds is 5. The number of carbonyl (C=O) groups excluding carboxylic acids is 1. The van der Waals surface area contributed by atoms with Gasteiger partial charge in [-0.3, -0.25) is 0 Å². The molecule has 4 aromatic rings. The average Bonchev–Trinajstić information content (AvgIpc) is 3.07. The maximum Gasteiger partial charge on any atom is 0.346 e. The van der Waals surface area contributed by atoms with Crippen molar-refractivity contribution in [2.45, 2.75) is 23.6 Å². The summed E-state index contributed by atoms with van der Waals surface area (Å²) in [5.74, 6) is -0.190. The summed E-state index contributed by atoms with van der Waals surface area (Å²) in [6.45, 7) is 3.95. The van der Waals surface area contributed by atoms with Gasteiger partial charge in [0.1, 0.15) is 0 Å². The van der Waals surface area contributed by atoms with E-state index in [0.717, 1.165) is 25.6 Å². The van der Waals surface area contributed by atoms with Crippen LogP contribution in [-0.4, -0.2) is 15.7 Å².